The minimum atomic E-state index is -4.33. The van der Waals surface area contributed by atoms with E-state index in [9.17, 15) is 18.0 Å². The molecule has 0 radical (unpaired) electrons. The van der Waals surface area contributed by atoms with Gasteiger partial charge in [0.05, 0.1) is 32.9 Å². The topological polar surface area (TPSA) is 56.8 Å². The van der Waals surface area contributed by atoms with Crippen LogP contribution in [-0.2, 0) is 19.0 Å². The van der Waals surface area contributed by atoms with E-state index in [0.717, 1.165) is 0 Å². The maximum atomic E-state index is 11.7. The van der Waals surface area contributed by atoms with E-state index in [4.69, 9.17) is 9.47 Å². The van der Waals surface area contributed by atoms with Crippen molar-refractivity contribution >= 4 is 5.97 Å². The summed E-state index contributed by atoms with van der Waals surface area (Å²) in [6.07, 6.45) is -4.33. The molecule has 8 heteroatoms. The number of carbonyl (C=O) groups is 1. The molecule has 0 bridgehead atoms. The third-order valence-electron chi connectivity index (χ3n) is 1.52. The van der Waals surface area contributed by atoms with E-state index in [1.165, 1.54) is 7.11 Å². The Bertz CT molecular complexity index is 211. The first kappa shape index (κ1) is 16.1. The summed E-state index contributed by atoms with van der Waals surface area (Å²) in [6, 6.07) is 0. The Morgan fingerprint density at radius 3 is 2.41 bits per heavy atom. The van der Waals surface area contributed by atoms with E-state index >= 15 is 0 Å². The molecule has 102 valence electrons. The minimum Gasteiger partial charge on any atom is -0.462 e. The van der Waals surface area contributed by atoms with Crippen LogP contribution in [0, 0.1) is 0 Å². The molecule has 0 aromatic rings. The molecule has 0 saturated heterocycles. The first-order chi connectivity index (χ1) is 7.95. The molecule has 0 rings (SSSR count). The molecule has 0 aliphatic carbocycles. The van der Waals surface area contributed by atoms with Crippen molar-refractivity contribution in [3.8, 4) is 0 Å². The van der Waals surface area contributed by atoms with Crippen LogP contribution >= 0.6 is 0 Å². The Kier molecular flexibility index (Phi) is 8.73. The van der Waals surface area contributed by atoms with Gasteiger partial charge in [-0.05, 0) is 0 Å². The number of halogens is 3. The van der Waals surface area contributed by atoms with Gasteiger partial charge in [-0.3, -0.25) is 10.1 Å². The molecule has 0 amide bonds. The van der Waals surface area contributed by atoms with Gasteiger partial charge in [-0.25, -0.2) is 0 Å². The van der Waals surface area contributed by atoms with E-state index in [-0.39, 0.29) is 13.2 Å². The van der Waals surface area contributed by atoms with E-state index in [2.05, 4.69) is 4.74 Å². The zero-order chi connectivity index (χ0) is 13.1. The number of methoxy groups -OCH3 is 1. The Hall–Kier alpha value is -0.860. The maximum absolute atomic E-state index is 11.7. The molecule has 5 nitrogen and oxygen atoms in total. The van der Waals surface area contributed by atoms with Crippen molar-refractivity contribution < 1.29 is 32.2 Å². The number of esters is 1. The summed E-state index contributed by atoms with van der Waals surface area (Å²) in [6.45, 7) is -0.684. The van der Waals surface area contributed by atoms with E-state index in [1.807, 2.05) is 5.32 Å². The van der Waals surface area contributed by atoms with Gasteiger partial charge < -0.3 is 14.2 Å². The lowest BCUT2D eigenvalue weighted by molar-refractivity contribution is -0.146. The summed E-state index contributed by atoms with van der Waals surface area (Å²) in [5.41, 5.74) is 0. The average Bonchev–Trinajstić information content (AvgIpc) is 2.21. The Balaban J connectivity index is 3.29. The number of hydrogen-bond acceptors (Lipinski definition) is 5. The first-order valence-electron chi connectivity index (χ1n) is 4.95. The average molecular weight is 259 g/mol. The second-order valence-electron chi connectivity index (χ2n) is 3.04. The van der Waals surface area contributed by atoms with Gasteiger partial charge in [0.2, 0.25) is 0 Å². The van der Waals surface area contributed by atoms with Crippen LogP contribution in [-0.4, -0.2) is 58.8 Å². The van der Waals surface area contributed by atoms with Gasteiger partial charge in [-0.2, -0.15) is 13.2 Å². The largest absolute Gasteiger partial charge is 0.462 e. The second kappa shape index (κ2) is 9.20. The van der Waals surface area contributed by atoms with Crippen molar-refractivity contribution in [2.75, 3.05) is 46.6 Å². The SMILES string of the molecule is COCCOCCOC(=O)CNCC(F)(F)F. The van der Waals surface area contributed by atoms with Crippen LogP contribution in [0.4, 0.5) is 13.2 Å². The van der Waals surface area contributed by atoms with Crippen LogP contribution in [0.15, 0.2) is 0 Å². The number of carbonyl (C=O) groups excluding carboxylic acids is 1. The van der Waals surface area contributed by atoms with Crippen molar-refractivity contribution in [1.82, 2.24) is 5.32 Å². The molecule has 1 N–H and O–H groups in total. The van der Waals surface area contributed by atoms with E-state index in [1.54, 1.807) is 0 Å². The summed E-state index contributed by atoms with van der Waals surface area (Å²) in [7, 11) is 1.52. The van der Waals surface area contributed by atoms with E-state index < -0.39 is 25.2 Å². The summed E-state index contributed by atoms with van der Waals surface area (Å²) in [5, 5.41) is 1.93. The summed E-state index contributed by atoms with van der Waals surface area (Å²) >= 11 is 0. The molecule has 0 fully saturated rings. The molecule has 0 aromatic heterocycles. The Morgan fingerprint density at radius 2 is 1.82 bits per heavy atom. The Morgan fingerprint density at radius 1 is 1.18 bits per heavy atom. The third kappa shape index (κ3) is 13.1. The van der Waals surface area contributed by atoms with Gasteiger partial charge in [-0.1, -0.05) is 0 Å². The minimum absolute atomic E-state index is 0.0102. The predicted molar refractivity (Wildman–Crippen MR) is 52.6 cm³/mol. The predicted octanol–water partition coefficient (Wildman–Crippen LogP) is 0.344. The molecule has 0 spiro atoms. The molecule has 0 aliphatic rings. The first-order valence-corrected chi connectivity index (χ1v) is 4.95. The number of hydrogen-bond donors (Lipinski definition) is 1. The van der Waals surface area contributed by atoms with Crippen LogP contribution in [0.25, 0.3) is 0 Å². The van der Waals surface area contributed by atoms with Gasteiger partial charge in [0, 0.05) is 7.11 Å². The summed E-state index contributed by atoms with van der Waals surface area (Å²) in [5.74, 6) is -0.746. The molecule has 0 aliphatic heterocycles. The monoisotopic (exact) mass is 259 g/mol. The fourth-order valence-electron chi connectivity index (χ4n) is 0.816. The number of ether oxygens (including phenoxy) is 3. The molecular formula is C9H16F3NO4. The standard InChI is InChI=1S/C9H16F3NO4/c1-15-2-3-16-4-5-17-8(14)6-13-7-9(10,11)12/h13H,2-7H2,1H3. The van der Waals surface area contributed by atoms with Gasteiger partial charge >= 0.3 is 12.1 Å². The number of alkyl halides is 3. The lowest BCUT2D eigenvalue weighted by Crippen LogP contribution is -2.33. The van der Waals surface area contributed by atoms with Crippen LogP contribution < -0.4 is 5.32 Å². The van der Waals surface area contributed by atoms with Crippen molar-refractivity contribution in [2.24, 2.45) is 0 Å². The van der Waals surface area contributed by atoms with Crippen LogP contribution in [0.3, 0.4) is 0 Å². The maximum Gasteiger partial charge on any atom is 0.401 e. The van der Waals surface area contributed by atoms with Crippen molar-refractivity contribution in [1.29, 1.82) is 0 Å². The highest BCUT2D eigenvalue weighted by molar-refractivity contribution is 5.71. The van der Waals surface area contributed by atoms with Crippen LogP contribution in [0.1, 0.15) is 0 Å². The highest BCUT2D eigenvalue weighted by Gasteiger charge is 2.26. The van der Waals surface area contributed by atoms with Gasteiger partial charge in [0.25, 0.3) is 0 Å². The lowest BCUT2D eigenvalue weighted by atomic mass is 10.5. The lowest BCUT2D eigenvalue weighted by Gasteiger charge is -2.08. The fourth-order valence-corrected chi connectivity index (χ4v) is 0.816. The highest BCUT2D eigenvalue weighted by atomic mass is 19.4. The molecule has 0 unspecified atom stereocenters. The van der Waals surface area contributed by atoms with E-state index in [0.29, 0.717) is 13.2 Å². The van der Waals surface area contributed by atoms with Gasteiger partial charge in [-0.15, -0.1) is 0 Å². The normalized spacial score (nSPS) is 11.5. The molecule has 0 atom stereocenters. The molecule has 0 aromatic carbocycles. The quantitative estimate of drug-likeness (QED) is 0.478. The third-order valence-corrected chi connectivity index (χ3v) is 1.52. The zero-order valence-corrected chi connectivity index (χ0v) is 9.51. The fraction of sp³-hybridized carbons (Fsp3) is 0.889. The van der Waals surface area contributed by atoms with Crippen molar-refractivity contribution in [3.05, 3.63) is 0 Å². The number of rotatable bonds is 9. The molecule has 0 heterocycles. The smallest absolute Gasteiger partial charge is 0.401 e. The van der Waals surface area contributed by atoms with Crippen molar-refractivity contribution in [2.45, 2.75) is 6.18 Å². The summed E-state index contributed by atoms with van der Waals surface area (Å²) in [4.78, 5) is 10.9. The zero-order valence-electron chi connectivity index (χ0n) is 9.51. The van der Waals surface area contributed by atoms with Gasteiger partial charge in [0.1, 0.15) is 6.61 Å². The molecular weight excluding hydrogens is 243 g/mol. The second-order valence-corrected chi connectivity index (χ2v) is 3.04. The Labute approximate surface area is 97.2 Å². The molecule has 17 heavy (non-hydrogen) atoms. The van der Waals surface area contributed by atoms with Crippen LogP contribution in [0.2, 0.25) is 0 Å². The summed E-state index contributed by atoms with van der Waals surface area (Å²) < 4.78 is 49.3. The van der Waals surface area contributed by atoms with Gasteiger partial charge in [0.15, 0.2) is 0 Å². The highest BCUT2D eigenvalue weighted by Crippen LogP contribution is 2.11. The van der Waals surface area contributed by atoms with Crippen LogP contribution in [0.5, 0.6) is 0 Å². The van der Waals surface area contributed by atoms with Crippen molar-refractivity contribution in [3.63, 3.8) is 0 Å². The molecule has 0 saturated carbocycles. The number of nitrogens with one attached hydrogen (secondary N) is 1.